The number of hydrogen-bond donors (Lipinski definition) is 0. The number of rotatable bonds is 6. The van der Waals surface area contributed by atoms with Gasteiger partial charge in [0.1, 0.15) is 11.8 Å². The normalized spacial score (nSPS) is 21.8. The average molecular weight is 285 g/mol. The molecule has 1 amide bonds. The minimum absolute atomic E-state index is 0.0356. The lowest BCUT2D eigenvalue weighted by molar-refractivity contribution is -0.0577. The maximum atomic E-state index is 12.4. The van der Waals surface area contributed by atoms with E-state index in [1.54, 1.807) is 4.90 Å². The van der Waals surface area contributed by atoms with Crippen molar-refractivity contribution in [3.8, 4) is 0 Å². The Balaban J connectivity index is 2.49. The molecule has 0 aromatic carbocycles. The molecule has 0 aromatic heterocycles. The lowest BCUT2D eigenvalue weighted by Crippen LogP contribution is -2.53. The molecule has 1 rings (SSSR count). The second-order valence-corrected chi connectivity index (χ2v) is 6.93. The van der Waals surface area contributed by atoms with Crippen molar-refractivity contribution < 1.29 is 14.3 Å². The first-order valence-corrected chi connectivity index (χ1v) is 7.85. The van der Waals surface area contributed by atoms with Gasteiger partial charge in [-0.05, 0) is 47.5 Å². The Morgan fingerprint density at radius 2 is 1.90 bits per heavy atom. The Bertz CT molecular complexity index is 310. The summed E-state index contributed by atoms with van der Waals surface area (Å²) in [4.78, 5) is 14.1. The standard InChI is InChI=1S/C16H31NO3/c1-7-8-9-10-11-13(2)20-14(18)17-15(3,4)12-19-16(17,5)6/h13H,7-12H2,1-6H3/t13-/m0/s1. The quantitative estimate of drug-likeness (QED) is 0.682. The Hall–Kier alpha value is -0.770. The van der Waals surface area contributed by atoms with Gasteiger partial charge >= 0.3 is 6.09 Å². The number of amides is 1. The molecule has 1 heterocycles. The number of hydrogen-bond acceptors (Lipinski definition) is 3. The Morgan fingerprint density at radius 1 is 1.25 bits per heavy atom. The summed E-state index contributed by atoms with van der Waals surface area (Å²) < 4.78 is 11.3. The van der Waals surface area contributed by atoms with Gasteiger partial charge in [-0.1, -0.05) is 26.2 Å². The minimum atomic E-state index is -0.595. The molecule has 0 spiro atoms. The van der Waals surface area contributed by atoms with Gasteiger partial charge < -0.3 is 9.47 Å². The van der Waals surface area contributed by atoms with Gasteiger partial charge in [0.2, 0.25) is 0 Å². The van der Waals surface area contributed by atoms with Crippen molar-refractivity contribution in [3.05, 3.63) is 0 Å². The van der Waals surface area contributed by atoms with E-state index in [2.05, 4.69) is 6.92 Å². The maximum absolute atomic E-state index is 12.4. The lowest BCUT2D eigenvalue weighted by atomic mass is 10.0. The van der Waals surface area contributed by atoms with Crippen molar-refractivity contribution in [2.75, 3.05) is 6.61 Å². The third kappa shape index (κ3) is 4.37. The Kier molecular flexibility index (Phi) is 5.87. The van der Waals surface area contributed by atoms with E-state index in [-0.39, 0.29) is 17.7 Å². The van der Waals surface area contributed by atoms with E-state index in [9.17, 15) is 4.79 Å². The van der Waals surface area contributed by atoms with Crippen LogP contribution in [0.3, 0.4) is 0 Å². The van der Waals surface area contributed by atoms with Crippen LogP contribution in [0.2, 0.25) is 0 Å². The van der Waals surface area contributed by atoms with Gasteiger partial charge in [0.15, 0.2) is 0 Å². The van der Waals surface area contributed by atoms with Crippen LogP contribution >= 0.6 is 0 Å². The maximum Gasteiger partial charge on any atom is 0.412 e. The fourth-order valence-corrected chi connectivity index (χ4v) is 2.82. The summed E-state index contributed by atoms with van der Waals surface area (Å²) in [6, 6.07) is 0. The van der Waals surface area contributed by atoms with Crippen LogP contribution in [0.1, 0.15) is 73.6 Å². The number of carbonyl (C=O) groups excluding carboxylic acids is 1. The number of ether oxygens (including phenoxy) is 2. The summed E-state index contributed by atoms with van der Waals surface area (Å²) in [7, 11) is 0. The van der Waals surface area contributed by atoms with E-state index in [0.29, 0.717) is 6.61 Å². The second kappa shape index (κ2) is 6.79. The van der Waals surface area contributed by atoms with Crippen LogP contribution in [-0.4, -0.2) is 35.0 Å². The first kappa shape index (κ1) is 17.3. The smallest absolute Gasteiger partial charge is 0.412 e. The van der Waals surface area contributed by atoms with Crippen molar-refractivity contribution >= 4 is 6.09 Å². The number of unbranched alkanes of at least 4 members (excludes halogenated alkanes) is 3. The Morgan fingerprint density at radius 3 is 2.40 bits per heavy atom. The SMILES string of the molecule is CCCCCC[C@H](C)OC(=O)N1C(C)(C)COC1(C)C. The second-order valence-electron chi connectivity index (χ2n) is 6.93. The minimum Gasteiger partial charge on any atom is -0.446 e. The predicted octanol–water partition coefficient (Wildman–Crippen LogP) is 4.33. The molecule has 1 saturated heterocycles. The zero-order chi connectivity index (χ0) is 15.4. The fourth-order valence-electron chi connectivity index (χ4n) is 2.82. The molecule has 1 atom stereocenters. The highest BCUT2D eigenvalue weighted by Crippen LogP contribution is 2.35. The molecule has 4 heteroatoms. The first-order valence-electron chi connectivity index (χ1n) is 7.85. The molecule has 0 aromatic rings. The molecule has 4 nitrogen and oxygen atoms in total. The Labute approximate surface area is 123 Å². The van der Waals surface area contributed by atoms with Gasteiger partial charge in [0, 0.05) is 0 Å². The van der Waals surface area contributed by atoms with Gasteiger partial charge in [-0.2, -0.15) is 0 Å². The van der Waals surface area contributed by atoms with Crippen molar-refractivity contribution in [2.24, 2.45) is 0 Å². The van der Waals surface area contributed by atoms with Crippen LogP contribution < -0.4 is 0 Å². The lowest BCUT2D eigenvalue weighted by Gasteiger charge is -2.37. The van der Waals surface area contributed by atoms with Crippen molar-refractivity contribution in [1.29, 1.82) is 0 Å². The zero-order valence-corrected chi connectivity index (χ0v) is 14.0. The molecule has 0 bridgehead atoms. The molecule has 20 heavy (non-hydrogen) atoms. The molecule has 1 fully saturated rings. The third-order valence-electron chi connectivity index (χ3n) is 3.87. The van der Waals surface area contributed by atoms with E-state index >= 15 is 0 Å². The van der Waals surface area contributed by atoms with Gasteiger partial charge in [-0.15, -0.1) is 0 Å². The van der Waals surface area contributed by atoms with Gasteiger partial charge in [0.25, 0.3) is 0 Å². The largest absolute Gasteiger partial charge is 0.446 e. The topological polar surface area (TPSA) is 38.8 Å². The molecule has 1 aliphatic rings. The monoisotopic (exact) mass is 285 g/mol. The zero-order valence-electron chi connectivity index (χ0n) is 14.0. The predicted molar refractivity (Wildman–Crippen MR) is 80.7 cm³/mol. The first-order chi connectivity index (χ1) is 9.20. The molecular formula is C16H31NO3. The van der Waals surface area contributed by atoms with Gasteiger partial charge in [0.05, 0.1) is 12.1 Å². The van der Waals surface area contributed by atoms with E-state index < -0.39 is 5.72 Å². The summed E-state index contributed by atoms with van der Waals surface area (Å²) in [6.07, 6.45) is 5.43. The van der Waals surface area contributed by atoms with E-state index in [1.165, 1.54) is 19.3 Å². The highest BCUT2D eigenvalue weighted by Gasteiger charge is 2.49. The molecule has 1 aliphatic heterocycles. The van der Waals surface area contributed by atoms with Crippen LogP contribution in [0, 0.1) is 0 Å². The van der Waals surface area contributed by atoms with Gasteiger partial charge in [-0.3, -0.25) is 4.90 Å². The molecule has 0 aliphatic carbocycles. The molecule has 0 unspecified atom stereocenters. The molecule has 0 saturated carbocycles. The molecule has 0 N–H and O–H groups in total. The van der Waals surface area contributed by atoms with Crippen LogP contribution in [0.15, 0.2) is 0 Å². The van der Waals surface area contributed by atoms with Crippen LogP contribution in [0.5, 0.6) is 0 Å². The summed E-state index contributed by atoms with van der Waals surface area (Å²) >= 11 is 0. The van der Waals surface area contributed by atoms with Crippen molar-refractivity contribution in [3.63, 3.8) is 0 Å². The van der Waals surface area contributed by atoms with Crippen molar-refractivity contribution in [1.82, 2.24) is 4.90 Å². The highest BCUT2D eigenvalue weighted by atomic mass is 16.6. The van der Waals surface area contributed by atoms with Gasteiger partial charge in [-0.25, -0.2) is 4.79 Å². The van der Waals surface area contributed by atoms with Crippen molar-refractivity contribution in [2.45, 2.75) is 91.0 Å². The van der Waals surface area contributed by atoms with Crippen LogP contribution in [0.25, 0.3) is 0 Å². The molecule has 118 valence electrons. The molecular weight excluding hydrogens is 254 g/mol. The number of nitrogens with zero attached hydrogens (tertiary/aromatic N) is 1. The summed E-state index contributed by atoms with van der Waals surface area (Å²) in [6.45, 7) is 12.6. The van der Waals surface area contributed by atoms with Crippen LogP contribution in [-0.2, 0) is 9.47 Å². The van der Waals surface area contributed by atoms with E-state index in [0.717, 1.165) is 12.8 Å². The average Bonchev–Trinajstić information content (AvgIpc) is 2.54. The fraction of sp³-hybridized carbons (Fsp3) is 0.938. The number of carbonyl (C=O) groups is 1. The summed E-state index contributed by atoms with van der Waals surface area (Å²) in [5.74, 6) is 0. The highest BCUT2D eigenvalue weighted by molar-refractivity contribution is 5.70. The summed E-state index contributed by atoms with van der Waals surface area (Å²) in [5, 5.41) is 0. The van der Waals surface area contributed by atoms with E-state index in [1.807, 2.05) is 34.6 Å². The van der Waals surface area contributed by atoms with Crippen LogP contribution in [0.4, 0.5) is 4.79 Å². The van der Waals surface area contributed by atoms with E-state index in [4.69, 9.17) is 9.47 Å². The summed E-state index contributed by atoms with van der Waals surface area (Å²) in [5.41, 5.74) is -0.912. The third-order valence-corrected chi connectivity index (χ3v) is 3.87. The molecule has 0 radical (unpaired) electrons.